The maximum Gasteiger partial charge on any atom is 4.00 e. The zero-order valence-corrected chi connectivity index (χ0v) is 26.7. The molecular weight excluding hydrogens is 536 g/mol. The van der Waals surface area contributed by atoms with Gasteiger partial charge < -0.3 is 37.5 Å². The Morgan fingerprint density at radius 3 is 2.00 bits per heavy atom. The van der Waals surface area contributed by atoms with Gasteiger partial charge in [-0.2, -0.15) is 0 Å². The number of halogens is 2. The molecular formula is C34H43F2N3Ti. The van der Waals surface area contributed by atoms with Crippen molar-refractivity contribution in [2.24, 2.45) is 23.7 Å². The molecule has 2 aliphatic heterocycles. The first kappa shape index (κ1) is 35.5. The fourth-order valence-electron chi connectivity index (χ4n) is 6.96. The Balaban J connectivity index is 0.000000364. The normalized spacial score (nSPS) is 23.4. The van der Waals surface area contributed by atoms with Crippen LogP contribution in [-0.2, 0) is 28.3 Å². The summed E-state index contributed by atoms with van der Waals surface area (Å²) in [6, 6.07) is 20.5. The molecule has 212 valence electrons. The van der Waals surface area contributed by atoms with E-state index in [9.17, 15) is 14.2 Å². The third-order valence-corrected chi connectivity index (χ3v) is 8.71. The van der Waals surface area contributed by atoms with Gasteiger partial charge in [-0.15, -0.1) is 0 Å². The number of anilines is 2. The standard InChI is InChI=1S/C17H25N.C14H9F2N2.3CH3.Ti/c1-10(2)15-11(3)12(4)16-13-8-6-7-9-14(13)18(5)17(15)16;15-11-6-3-7-12(16)13(11)18-8-9-4-1-2-5-10(9)14(18)17;;;;/h6-12,15-17H,1-5H3;1-7H,8H2;3*1H3;/q;4*-1;+4. The summed E-state index contributed by atoms with van der Waals surface area (Å²) < 4.78 is 27.4. The molecule has 3 nitrogen and oxygen atoms in total. The van der Waals surface area contributed by atoms with Crippen LogP contribution in [0.5, 0.6) is 0 Å². The number of likely N-dealkylation sites (N-methyl/N-ethyl adjacent to an activating group) is 1. The quantitative estimate of drug-likeness (QED) is 0.224. The van der Waals surface area contributed by atoms with Crippen LogP contribution in [0.25, 0.3) is 5.41 Å². The summed E-state index contributed by atoms with van der Waals surface area (Å²) in [5, 5.41) is 10.1. The Bertz CT molecular complexity index is 1270. The number of hydrogen-bond acceptors (Lipinski definition) is 1. The van der Waals surface area contributed by atoms with Crippen LogP contribution < -0.4 is 9.80 Å². The third-order valence-electron chi connectivity index (χ3n) is 8.71. The Morgan fingerprint density at radius 2 is 1.40 bits per heavy atom. The molecule has 0 spiro atoms. The average Bonchev–Trinajstić information content (AvgIpc) is 3.43. The summed E-state index contributed by atoms with van der Waals surface area (Å²) in [7, 11) is 2.30. The van der Waals surface area contributed by atoms with Crippen molar-refractivity contribution in [3.05, 3.63) is 123 Å². The molecule has 1 fully saturated rings. The Kier molecular flexibility index (Phi) is 12.4. The largest absolute Gasteiger partial charge is 4.00 e. The van der Waals surface area contributed by atoms with Gasteiger partial charge in [0.05, 0.1) is 0 Å². The van der Waals surface area contributed by atoms with E-state index in [0.29, 0.717) is 11.6 Å². The van der Waals surface area contributed by atoms with Crippen LogP contribution in [0.15, 0.2) is 66.7 Å². The van der Waals surface area contributed by atoms with Crippen LogP contribution in [0.2, 0.25) is 0 Å². The Labute approximate surface area is 256 Å². The molecule has 6 rings (SSSR count). The molecule has 6 heteroatoms. The Hall–Kier alpha value is -2.50. The van der Waals surface area contributed by atoms with E-state index < -0.39 is 11.6 Å². The number of benzene rings is 3. The van der Waals surface area contributed by atoms with Crippen molar-refractivity contribution in [2.75, 3.05) is 16.8 Å². The second-order valence-corrected chi connectivity index (χ2v) is 10.9. The molecule has 0 radical (unpaired) electrons. The van der Waals surface area contributed by atoms with Crippen molar-refractivity contribution >= 4 is 17.2 Å². The molecule has 3 aromatic carbocycles. The molecule has 0 aromatic heterocycles. The molecule has 1 saturated carbocycles. The monoisotopic (exact) mass is 579 g/mol. The minimum atomic E-state index is -0.686. The molecule has 0 amide bonds. The van der Waals surface area contributed by atoms with Crippen molar-refractivity contribution in [1.29, 1.82) is 0 Å². The van der Waals surface area contributed by atoms with Gasteiger partial charge >= 0.3 is 21.7 Å². The predicted molar refractivity (Wildman–Crippen MR) is 164 cm³/mol. The summed E-state index contributed by atoms with van der Waals surface area (Å²) in [4.78, 5) is 3.81. The van der Waals surface area contributed by atoms with Crippen LogP contribution >= 0.6 is 0 Å². The fourth-order valence-corrected chi connectivity index (χ4v) is 6.96. The zero-order valence-electron chi connectivity index (χ0n) is 25.1. The van der Waals surface area contributed by atoms with Gasteiger partial charge in [-0.25, -0.2) is 8.78 Å². The second kappa shape index (κ2) is 13.9. The number of rotatable bonds is 2. The predicted octanol–water partition coefficient (Wildman–Crippen LogP) is 8.80. The number of nitrogens with zero attached hydrogens (tertiary/aromatic N) is 3. The Morgan fingerprint density at radius 1 is 0.825 bits per heavy atom. The molecule has 5 atom stereocenters. The molecule has 3 aliphatic rings. The van der Waals surface area contributed by atoms with Gasteiger partial charge in [0.2, 0.25) is 0 Å². The number of fused-ring (bicyclic) bond motifs is 4. The fraction of sp³-hybridized carbons (Fsp3) is 0.353. The molecule has 40 heavy (non-hydrogen) atoms. The SMILES string of the molecule is CC(C)C1C(C)C(C)C2c3ccccc3N(C)C21.[CH3-].[CH3-].[CH3-].[N-]=C1c2ccccc2CN1c1c(F)cccc1F.[Ti+4]. The first-order valence-corrected chi connectivity index (χ1v) is 12.9. The second-order valence-electron chi connectivity index (χ2n) is 10.9. The van der Waals surface area contributed by atoms with E-state index >= 15 is 0 Å². The number of amidine groups is 1. The first-order valence-electron chi connectivity index (χ1n) is 12.9. The van der Waals surface area contributed by atoms with Gasteiger partial charge in [-0.05, 0) is 65.1 Å². The van der Waals surface area contributed by atoms with Crippen LogP contribution in [-0.4, -0.2) is 18.9 Å². The molecule has 0 saturated heterocycles. The topological polar surface area (TPSA) is 28.8 Å². The molecule has 0 N–H and O–H groups in total. The molecule has 5 unspecified atom stereocenters. The number of hydrogen-bond donors (Lipinski definition) is 0. The summed E-state index contributed by atoms with van der Waals surface area (Å²) in [6.07, 6.45) is 0. The van der Waals surface area contributed by atoms with Gasteiger partial charge in [-0.1, -0.05) is 82.1 Å². The van der Waals surface area contributed by atoms with E-state index in [0.717, 1.165) is 35.2 Å². The minimum absolute atomic E-state index is 0. The van der Waals surface area contributed by atoms with Crippen molar-refractivity contribution < 1.29 is 30.5 Å². The first-order chi connectivity index (χ1) is 17.2. The van der Waals surface area contributed by atoms with E-state index in [-0.39, 0.29) is 62.1 Å². The van der Waals surface area contributed by atoms with Crippen LogP contribution in [0.4, 0.5) is 20.2 Å². The van der Waals surface area contributed by atoms with Crippen molar-refractivity contribution in [3.63, 3.8) is 0 Å². The van der Waals surface area contributed by atoms with Crippen molar-refractivity contribution in [2.45, 2.75) is 46.2 Å². The smallest absolute Gasteiger partial charge is 0.464 e. The van der Waals surface area contributed by atoms with Gasteiger partial charge in [0.25, 0.3) is 0 Å². The van der Waals surface area contributed by atoms with E-state index in [2.05, 4.69) is 63.9 Å². The maximum atomic E-state index is 13.7. The molecule has 3 aromatic rings. The molecule has 2 heterocycles. The molecule has 1 aliphatic carbocycles. The van der Waals surface area contributed by atoms with Gasteiger partial charge in [-0.3, -0.25) is 0 Å². The van der Waals surface area contributed by atoms with E-state index in [1.807, 2.05) is 12.1 Å². The van der Waals surface area contributed by atoms with Crippen LogP contribution in [0.1, 0.15) is 50.3 Å². The van der Waals surface area contributed by atoms with E-state index in [4.69, 9.17) is 0 Å². The van der Waals surface area contributed by atoms with Crippen LogP contribution in [0, 0.1) is 57.6 Å². The number of para-hydroxylation sites is 2. The zero-order chi connectivity index (χ0) is 25.7. The summed E-state index contributed by atoms with van der Waals surface area (Å²) in [5.74, 6) is 2.48. The van der Waals surface area contributed by atoms with Crippen LogP contribution in [0.3, 0.4) is 0 Å². The van der Waals surface area contributed by atoms with Crippen molar-refractivity contribution in [3.8, 4) is 0 Å². The average molecular weight is 580 g/mol. The summed E-state index contributed by atoms with van der Waals surface area (Å²) in [5.41, 5.74) is 4.30. The molecule has 0 bridgehead atoms. The van der Waals surface area contributed by atoms with Gasteiger partial charge in [0.1, 0.15) is 11.6 Å². The minimum Gasteiger partial charge on any atom is -0.464 e. The maximum absolute atomic E-state index is 13.7. The van der Waals surface area contributed by atoms with Crippen molar-refractivity contribution in [1.82, 2.24) is 0 Å². The van der Waals surface area contributed by atoms with Gasteiger partial charge in [0.15, 0.2) is 0 Å². The summed E-state index contributed by atoms with van der Waals surface area (Å²) in [6.45, 7) is 9.98. The van der Waals surface area contributed by atoms with E-state index in [1.165, 1.54) is 28.8 Å². The van der Waals surface area contributed by atoms with Gasteiger partial charge in [0, 0.05) is 30.4 Å². The van der Waals surface area contributed by atoms with E-state index in [1.54, 1.807) is 17.7 Å². The third kappa shape index (κ3) is 5.78. The summed E-state index contributed by atoms with van der Waals surface area (Å²) >= 11 is 0.